The fourth-order valence-electron chi connectivity index (χ4n) is 2.77. The van der Waals surface area contributed by atoms with E-state index in [4.69, 9.17) is 0 Å². The van der Waals surface area contributed by atoms with Crippen molar-refractivity contribution in [2.45, 2.75) is 51.6 Å². The molecule has 1 aromatic heterocycles. The molecule has 122 valence electrons. The van der Waals surface area contributed by atoms with Crippen molar-refractivity contribution in [3.05, 3.63) is 12.7 Å². The van der Waals surface area contributed by atoms with Crippen LogP contribution in [0.2, 0.25) is 0 Å². The first kappa shape index (κ1) is 16.5. The molecule has 1 aromatic rings. The quantitative estimate of drug-likeness (QED) is 0.751. The number of aryl methyl sites for hydroxylation is 1. The molecule has 1 aliphatic rings. The lowest BCUT2D eigenvalue weighted by Crippen LogP contribution is -2.57. The number of hydrogen-bond donors (Lipinski definition) is 0. The molecule has 0 radical (unpaired) electrons. The second kappa shape index (κ2) is 7.91. The van der Waals surface area contributed by atoms with Crippen LogP contribution < -0.4 is 0 Å². The van der Waals surface area contributed by atoms with Gasteiger partial charge in [0.15, 0.2) is 0 Å². The summed E-state index contributed by atoms with van der Waals surface area (Å²) in [4.78, 5) is 32.2. The van der Waals surface area contributed by atoms with Gasteiger partial charge in [-0.25, -0.2) is 4.98 Å². The van der Waals surface area contributed by atoms with Crippen molar-refractivity contribution >= 4 is 11.8 Å². The highest BCUT2D eigenvalue weighted by Crippen LogP contribution is 2.17. The molecule has 0 bridgehead atoms. The van der Waals surface area contributed by atoms with Crippen LogP contribution in [-0.4, -0.2) is 62.6 Å². The molecule has 1 aliphatic heterocycles. The third-order valence-electron chi connectivity index (χ3n) is 4.11. The van der Waals surface area contributed by atoms with E-state index in [0.29, 0.717) is 32.5 Å². The first-order valence-electron chi connectivity index (χ1n) is 8.00. The number of unbranched alkanes of at least 4 members (excludes halogenated alkanes) is 1. The summed E-state index contributed by atoms with van der Waals surface area (Å²) in [6, 6.07) is -0.280. The van der Waals surface area contributed by atoms with Crippen LogP contribution in [0.3, 0.4) is 0 Å². The Bertz CT molecular complexity index is 488. The molecule has 2 heterocycles. The van der Waals surface area contributed by atoms with Crippen LogP contribution in [0.4, 0.5) is 0 Å². The van der Waals surface area contributed by atoms with E-state index in [1.165, 1.54) is 6.33 Å². The van der Waals surface area contributed by atoms with Gasteiger partial charge in [0.2, 0.25) is 11.8 Å². The van der Waals surface area contributed by atoms with Gasteiger partial charge in [-0.05, 0) is 12.8 Å². The monoisotopic (exact) mass is 307 g/mol. The molecular formula is C15H25N5O2. The summed E-state index contributed by atoms with van der Waals surface area (Å²) in [6.07, 6.45) is 7.04. The van der Waals surface area contributed by atoms with E-state index in [-0.39, 0.29) is 17.9 Å². The second-order valence-corrected chi connectivity index (χ2v) is 5.77. The van der Waals surface area contributed by atoms with E-state index < -0.39 is 0 Å². The third-order valence-corrected chi connectivity index (χ3v) is 4.11. The molecule has 1 saturated heterocycles. The smallest absolute Gasteiger partial charge is 0.245 e. The summed E-state index contributed by atoms with van der Waals surface area (Å²) >= 11 is 0. The van der Waals surface area contributed by atoms with Crippen LogP contribution in [0.25, 0.3) is 0 Å². The molecular weight excluding hydrogens is 282 g/mol. The lowest BCUT2D eigenvalue weighted by molar-refractivity contribution is -0.150. The first-order chi connectivity index (χ1) is 10.6. The van der Waals surface area contributed by atoms with Crippen LogP contribution in [0.15, 0.2) is 12.7 Å². The van der Waals surface area contributed by atoms with Gasteiger partial charge >= 0.3 is 0 Å². The Hall–Kier alpha value is -1.92. The van der Waals surface area contributed by atoms with E-state index in [0.717, 1.165) is 19.3 Å². The highest BCUT2D eigenvalue weighted by atomic mass is 16.2. The number of nitrogens with zero attached hydrogens (tertiary/aromatic N) is 5. The summed E-state index contributed by atoms with van der Waals surface area (Å²) in [5.41, 5.74) is 0. The van der Waals surface area contributed by atoms with Crippen LogP contribution >= 0.6 is 0 Å². The van der Waals surface area contributed by atoms with E-state index in [1.807, 2.05) is 7.05 Å². The Balaban J connectivity index is 1.88. The Labute approximate surface area is 131 Å². The fourth-order valence-corrected chi connectivity index (χ4v) is 2.77. The molecule has 0 aromatic carbocycles. The van der Waals surface area contributed by atoms with Crippen molar-refractivity contribution < 1.29 is 9.59 Å². The molecule has 0 saturated carbocycles. The van der Waals surface area contributed by atoms with Gasteiger partial charge in [-0.3, -0.25) is 14.3 Å². The van der Waals surface area contributed by atoms with E-state index in [9.17, 15) is 9.59 Å². The maximum Gasteiger partial charge on any atom is 0.245 e. The zero-order valence-electron chi connectivity index (χ0n) is 13.4. The number of carbonyl (C=O) groups excluding carboxylic acids is 2. The number of aromatic nitrogens is 3. The predicted molar refractivity (Wildman–Crippen MR) is 81.9 cm³/mol. The third kappa shape index (κ3) is 4.05. The van der Waals surface area contributed by atoms with Crippen molar-refractivity contribution in [2.24, 2.45) is 0 Å². The van der Waals surface area contributed by atoms with Gasteiger partial charge in [0.25, 0.3) is 0 Å². The topological polar surface area (TPSA) is 71.3 Å². The highest BCUT2D eigenvalue weighted by Gasteiger charge is 2.34. The first-order valence-corrected chi connectivity index (χ1v) is 8.00. The Morgan fingerprint density at radius 3 is 2.86 bits per heavy atom. The van der Waals surface area contributed by atoms with Crippen molar-refractivity contribution in [2.75, 3.05) is 20.1 Å². The van der Waals surface area contributed by atoms with Crippen LogP contribution in [0.1, 0.15) is 39.0 Å². The summed E-state index contributed by atoms with van der Waals surface area (Å²) < 4.78 is 1.72. The number of hydrogen-bond acceptors (Lipinski definition) is 4. The van der Waals surface area contributed by atoms with E-state index >= 15 is 0 Å². The van der Waals surface area contributed by atoms with Crippen LogP contribution in [0, 0.1) is 0 Å². The van der Waals surface area contributed by atoms with Gasteiger partial charge in [-0.1, -0.05) is 19.8 Å². The molecule has 2 rings (SSSR count). The fraction of sp³-hybridized carbons (Fsp3) is 0.733. The Morgan fingerprint density at radius 2 is 2.18 bits per heavy atom. The van der Waals surface area contributed by atoms with E-state index in [2.05, 4.69) is 17.0 Å². The molecule has 7 nitrogen and oxygen atoms in total. The van der Waals surface area contributed by atoms with Gasteiger partial charge in [-0.15, -0.1) is 0 Å². The average molecular weight is 307 g/mol. The molecule has 0 spiro atoms. The minimum atomic E-state index is -0.280. The van der Waals surface area contributed by atoms with Crippen molar-refractivity contribution in [1.29, 1.82) is 0 Å². The molecule has 0 N–H and O–H groups in total. The standard InChI is InChI=1S/C15H25N5O2/c1-3-4-6-13-15(22)18(2)9-10-20(13)14(21)7-5-8-19-12-16-11-17-19/h11-13H,3-10H2,1-2H3. The molecule has 22 heavy (non-hydrogen) atoms. The summed E-state index contributed by atoms with van der Waals surface area (Å²) in [5.74, 6) is 0.145. The van der Waals surface area contributed by atoms with Gasteiger partial charge in [0.05, 0.1) is 0 Å². The molecule has 0 aliphatic carbocycles. The number of likely N-dealkylation sites (N-methyl/N-ethyl adjacent to an activating group) is 1. The zero-order valence-corrected chi connectivity index (χ0v) is 13.4. The molecule has 2 amide bonds. The predicted octanol–water partition coefficient (Wildman–Crippen LogP) is 0.918. The highest BCUT2D eigenvalue weighted by molar-refractivity contribution is 5.88. The normalized spacial score (nSPS) is 18.8. The second-order valence-electron chi connectivity index (χ2n) is 5.77. The van der Waals surface area contributed by atoms with Gasteiger partial charge in [0.1, 0.15) is 18.7 Å². The Morgan fingerprint density at radius 1 is 1.36 bits per heavy atom. The summed E-state index contributed by atoms with van der Waals surface area (Å²) in [5, 5.41) is 4.02. The SMILES string of the molecule is CCCCC1C(=O)N(C)CCN1C(=O)CCCn1cncn1. The molecule has 1 atom stereocenters. The van der Waals surface area contributed by atoms with Crippen LogP contribution in [0.5, 0.6) is 0 Å². The largest absolute Gasteiger partial charge is 0.342 e. The summed E-state index contributed by atoms with van der Waals surface area (Å²) in [7, 11) is 1.81. The van der Waals surface area contributed by atoms with Gasteiger partial charge in [0, 0.05) is 33.1 Å². The number of carbonyl (C=O) groups is 2. The Kier molecular flexibility index (Phi) is 5.91. The zero-order chi connectivity index (χ0) is 15.9. The summed E-state index contributed by atoms with van der Waals surface area (Å²) in [6.45, 7) is 4.03. The number of amides is 2. The van der Waals surface area contributed by atoms with Gasteiger partial charge < -0.3 is 9.80 Å². The average Bonchev–Trinajstić information content (AvgIpc) is 3.02. The van der Waals surface area contributed by atoms with Crippen molar-refractivity contribution in [1.82, 2.24) is 24.6 Å². The van der Waals surface area contributed by atoms with Crippen molar-refractivity contribution in [3.8, 4) is 0 Å². The maximum absolute atomic E-state index is 12.5. The minimum absolute atomic E-state index is 0.0719. The lowest BCUT2D eigenvalue weighted by atomic mass is 10.0. The number of rotatable bonds is 7. The molecule has 1 fully saturated rings. The van der Waals surface area contributed by atoms with Crippen LogP contribution in [-0.2, 0) is 16.1 Å². The molecule has 7 heteroatoms. The lowest BCUT2D eigenvalue weighted by Gasteiger charge is -2.39. The molecule has 1 unspecified atom stereocenters. The minimum Gasteiger partial charge on any atom is -0.342 e. The van der Waals surface area contributed by atoms with E-state index in [1.54, 1.807) is 20.8 Å². The maximum atomic E-state index is 12.5. The van der Waals surface area contributed by atoms with Gasteiger partial charge in [-0.2, -0.15) is 5.10 Å². The van der Waals surface area contributed by atoms with Crippen molar-refractivity contribution in [3.63, 3.8) is 0 Å². The number of piperazine rings is 1.